The molecule has 128 valence electrons. The van der Waals surface area contributed by atoms with E-state index >= 15 is 0 Å². The molecule has 1 aromatic carbocycles. The van der Waals surface area contributed by atoms with Gasteiger partial charge in [0.15, 0.2) is 0 Å². The quantitative estimate of drug-likeness (QED) is 0.791. The number of carbonyl (C=O) groups excluding carboxylic acids is 1. The van der Waals surface area contributed by atoms with Crippen LogP contribution in [0.15, 0.2) is 12.1 Å². The van der Waals surface area contributed by atoms with Crippen molar-refractivity contribution in [3.05, 3.63) is 28.8 Å². The van der Waals surface area contributed by atoms with Gasteiger partial charge in [0.2, 0.25) is 5.91 Å². The molecule has 0 saturated heterocycles. The van der Waals surface area contributed by atoms with Gasteiger partial charge in [-0.2, -0.15) is 0 Å². The number of amides is 1. The topological polar surface area (TPSA) is 95.9 Å². The third-order valence-corrected chi connectivity index (χ3v) is 3.85. The molecule has 0 aliphatic heterocycles. The van der Waals surface area contributed by atoms with Gasteiger partial charge in [-0.05, 0) is 43.9 Å². The van der Waals surface area contributed by atoms with Crippen LogP contribution in [-0.4, -0.2) is 35.4 Å². The van der Waals surface area contributed by atoms with Crippen LogP contribution in [0.3, 0.4) is 0 Å². The van der Waals surface area contributed by atoms with Gasteiger partial charge < -0.3 is 20.3 Å². The normalized spacial score (nSPS) is 13.9. The fourth-order valence-electron chi connectivity index (χ4n) is 2.88. The van der Waals surface area contributed by atoms with Crippen molar-refractivity contribution in [1.29, 1.82) is 0 Å². The van der Waals surface area contributed by atoms with E-state index in [1.54, 1.807) is 7.11 Å². The number of methoxy groups -OCH3 is 1. The zero-order chi connectivity index (χ0) is 17.4. The lowest BCUT2D eigenvalue weighted by Crippen LogP contribution is -2.33. The zero-order valence-electron chi connectivity index (χ0n) is 13.9. The van der Waals surface area contributed by atoms with Crippen LogP contribution in [0, 0.1) is 13.8 Å². The van der Waals surface area contributed by atoms with Crippen molar-refractivity contribution in [3.8, 4) is 5.75 Å². The average Bonchev–Trinajstić information content (AvgIpc) is 2.93. The van der Waals surface area contributed by atoms with E-state index in [2.05, 4.69) is 11.4 Å². The Morgan fingerprint density at radius 1 is 1.22 bits per heavy atom. The van der Waals surface area contributed by atoms with Gasteiger partial charge in [-0.15, -0.1) is 0 Å². The van der Waals surface area contributed by atoms with Crippen LogP contribution in [-0.2, 0) is 11.2 Å². The molecule has 1 amide bonds. The van der Waals surface area contributed by atoms with E-state index in [0.717, 1.165) is 35.3 Å². The average molecular weight is 323 g/mol. The summed E-state index contributed by atoms with van der Waals surface area (Å²) in [6.07, 6.45) is 3.28. The van der Waals surface area contributed by atoms with Crippen molar-refractivity contribution < 1.29 is 24.5 Å². The van der Waals surface area contributed by atoms with Gasteiger partial charge in [0.05, 0.1) is 13.5 Å². The Hall–Kier alpha value is -2.24. The van der Waals surface area contributed by atoms with Crippen LogP contribution in [0.5, 0.6) is 5.75 Å². The highest BCUT2D eigenvalue weighted by Crippen LogP contribution is 2.25. The number of carbonyl (C=O) groups is 2. The molecular weight excluding hydrogens is 298 g/mol. The van der Waals surface area contributed by atoms with Crippen molar-refractivity contribution >= 4 is 12.1 Å². The fraction of sp³-hybridized carbons (Fsp3) is 0.529. The second-order valence-electron chi connectivity index (χ2n) is 5.77. The molecular formula is C17H25NO5. The smallest absolute Gasteiger partial charge is 0.496 e. The number of ether oxygens (including phenoxy) is 1. The molecule has 2 rings (SSSR count). The van der Waals surface area contributed by atoms with Crippen LogP contribution < -0.4 is 10.1 Å². The summed E-state index contributed by atoms with van der Waals surface area (Å²) in [5, 5.41) is 17.1. The van der Waals surface area contributed by atoms with Crippen molar-refractivity contribution in [2.24, 2.45) is 0 Å². The lowest BCUT2D eigenvalue weighted by molar-refractivity contribution is -0.121. The number of aryl methyl sites for hydroxylation is 2. The molecule has 6 heteroatoms. The highest BCUT2D eigenvalue weighted by molar-refractivity contribution is 5.80. The van der Waals surface area contributed by atoms with Gasteiger partial charge in [-0.1, -0.05) is 18.9 Å². The van der Waals surface area contributed by atoms with Gasteiger partial charge >= 0.3 is 6.16 Å². The minimum absolute atomic E-state index is 0.108. The SMILES string of the molecule is COc1cc(C)cc(C)c1CC(=O)NC1CCCC1.O=C(O)O. The highest BCUT2D eigenvalue weighted by Gasteiger charge is 2.18. The largest absolute Gasteiger partial charge is 0.503 e. The predicted octanol–water partition coefficient (Wildman–Crippen LogP) is 3.14. The molecule has 0 radical (unpaired) electrons. The van der Waals surface area contributed by atoms with Gasteiger partial charge in [-0.3, -0.25) is 4.79 Å². The first-order valence-corrected chi connectivity index (χ1v) is 7.68. The van der Waals surface area contributed by atoms with Gasteiger partial charge in [0.25, 0.3) is 0 Å². The third-order valence-electron chi connectivity index (χ3n) is 3.85. The Kier molecular flexibility index (Phi) is 7.38. The summed E-state index contributed by atoms with van der Waals surface area (Å²) < 4.78 is 5.40. The van der Waals surface area contributed by atoms with E-state index in [-0.39, 0.29) is 5.91 Å². The molecule has 1 saturated carbocycles. The van der Waals surface area contributed by atoms with Crippen LogP contribution >= 0.6 is 0 Å². The Labute approximate surface area is 136 Å². The van der Waals surface area contributed by atoms with E-state index < -0.39 is 6.16 Å². The molecule has 1 aromatic rings. The molecule has 0 unspecified atom stereocenters. The molecule has 6 nitrogen and oxygen atoms in total. The number of hydrogen-bond donors (Lipinski definition) is 3. The molecule has 0 heterocycles. The maximum absolute atomic E-state index is 12.1. The third kappa shape index (κ3) is 6.59. The van der Waals surface area contributed by atoms with E-state index in [4.69, 9.17) is 19.7 Å². The van der Waals surface area contributed by atoms with E-state index in [1.807, 2.05) is 19.9 Å². The second-order valence-corrected chi connectivity index (χ2v) is 5.77. The van der Waals surface area contributed by atoms with E-state index in [1.165, 1.54) is 12.8 Å². The zero-order valence-corrected chi connectivity index (χ0v) is 13.9. The number of benzene rings is 1. The summed E-state index contributed by atoms with van der Waals surface area (Å²) in [5.41, 5.74) is 3.29. The van der Waals surface area contributed by atoms with Crippen LogP contribution in [0.2, 0.25) is 0 Å². The molecule has 1 fully saturated rings. The molecule has 1 aliphatic carbocycles. The lowest BCUT2D eigenvalue weighted by Gasteiger charge is -2.15. The van der Waals surface area contributed by atoms with Crippen molar-refractivity contribution in [2.75, 3.05) is 7.11 Å². The number of hydrogen-bond acceptors (Lipinski definition) is 3. The van der Waals surface area contributed by atoms with Crippen LogP contribution in [0.4, 0.5) is 4.79 Å². The lowest BCUT2D eigenvalue weighted by atomic mass is 10.0. The van der Waals surface area contributed by atoms with Crippen molar-refractivity contribution in [1.82, 2.24) is 5.32 Å². The van der Waals surface area contributed by atoms with Crippen molar-refractivity contribution in [3.63, 3.8) is 0 Å². The minimum atomic E-state index is -1.83. The highest BCUT2D eigenvalue weighted by atomic mass is 16.6. The van der Waals surface area contributed by atoms with Crippen LogP contribution in [0.1, 0.15) is 42.4 Å². The minimum Gasteiger partial charge on any atom is -0.496 e. The molecule has 1 aliphatic rings. The van der Waals surface area contributed by atoms with E-state index in [9.17, 15) is 4.79 Å². The Balaban J connectivity index is 0.000000593. The number of nitrogens with one attached hydrogen (secondary N) is 1. The fourth-order valence-corrected chi connectivity index (χ4v) is 2.88. The summed E-state index contributed by atoms with van der Waals surface area (Å²) in [6, 6.07) is 4.47. The summed E-state index contributed by atoms with van der Waals surface area (Å²) in [7, 11) is 1.66. The Morgan fingerprint density at radius 3 is 2.30 bits per heavy atom. The maximum Gasteiger partial charge on any atom is 0.503 e. The number of rotatable bonds is 4. The Bertz CT molecular complexity index is 546. The molecule has 0 aromatic heterocycles. The summed E-state index contributed by atoms with van der Waals surface area (Å²) >= 11 is 0. The summed E-state index contributed by atoms with van der Waals surface area (Å²) in [4.78, 5) is 20.7. The first kappa shape index (κ1) is 18.8. The molecule has 0 bridgehead atoms. The molecule has 23 heavy (non-hydrogen) atoms. The first-order valence-electron chi connectivity index (χ1n) is 7.68. The first-order chi connectivity index (χ1) is 10.8. The molecule has 3 N–H and O–H groups in total. The molecule has 0 atom stereocenters. The molecule has 0 spiro atoms. The summed E-state index contributed by atoms with van der Waals surface area (Å²) in [5.74, 6) is 0.927. The maximum atomic E-state index is 12.1. The van der Waals surface area contributed by atoms with Gasteiger partial charge in [0.1, 0.15) is 5.75 Å². The second kappa shape index (κ2) is 9.02. The van der Waals surface area contributed by atoms with Crippen molar-refractivity contribution in [2.45, 2.75) is 52.0 Å². The summed E-state index contributed by atoms with van der Waals surface area (Å²) in [6.45, 7) is 4.08. The van der Waals surface area contributed by atoms with E-state index in [0.29, 0.717) is 12.5 Å². The Morgan fingerprint density at radius 2 is 1.78 bits per heavy atom. The van der Waals surface area contributed by atoms with Gasteiger partial charge in [-0.25, -0.2) is 4.79 Å². The predicted molar refractivity (Wildman–Crippen MR) is 87.2 cm³/mol. The monoisotopic (exact) mass is 323 g/mol. The van der Waals surface area contributed by atoms with Crippen LogP contribution in [0.25, 0.3) is 0 Å². The van der Waals surface area contributed by atoms with Gasteiger partial charge in [0, 0.05) is 11.6 Å². The standard InChI is InChI=1S/C16H23NO2.CH2O3/c1-11-8-12(2)14(15(9-11)19-3)10-16(18)17-13-6-4-5-7-13;2-1(3)4/h8-9,13H,4-7,10H2,1-3H3,(H,17,18);(H2,2,3,4). The number of carboxylic acid groups (broad SMARTS) is 2.